The van der Waals surface area contributed by atoms with E-state index in [-0.39, 0.29) is 5.91 Å². The van der Waals surface area contributed by atoms with Gasteiger partial charge in [0.25, 0.3) is 5.91 Å². The van der Waals surface area contributed by atoms with Crippen LogP contribution in [-0.4, -0.2) is 17.0 Å². The summed E-state index contributed by atoms with van der Waals surface area (Å²) in [4.78, 5) is 17.9. The Hall–Kier alpha value is -2.37. The molecular formula is C20H19ClN2O2S. The number of aryl methyl sites for hydroxylation is 1. The van der Waals surface area contributed by atoms with E-state index in [1.165, 1.54) is 11.3 Å². The number of nitrogens with one attached hydrogen (secondary N) is 1. The quantitative estimate of drug-likeness (QED) is 0.658. The molecule has 0 saturated carbocycles. The number of hydrogen-bond acceptors (Lipinski definition) is 4. The van der Waals surface area contributed by atoms with Gasteiger partial charge in [-0.05, 0) is 32.0 Å². The van der Waals surface area contributed by atoms with E-state index >= 15 is 0 Å². The van der Waals surface area contributed by atoms with Crippen LogP contribution in [-0.2, 0) is 11.3 Å². The normalized spacial score (nSPS) is 11.8. The van der Waals surface area contributed by atoms with E-state index in [0.29, 0.717) is 17.3 Å². The zero-order chi connectivity index (χ0) is 18.5. The maximum Gasteiger partial charge on any atom is 0.261 e. The number of carbonyl (C=O) groups excluding carboxylic acids is 1. The molecule has 1 N–H and O–H groups in total. The lowest BCUT2D eigenvalue weighted by molar-refractivity contribution is -0.127. The Morgan fingerprint density at radius 2 is 1.88 bits per heavy atom. The van der Waals surface area contributed by atoms with Gasteiger partial charge in [-0.15, -0.1) is 11.3 Å². The molecule has 1 amide bonds. The fraction of sp³-hybridized carbons (Fsp3) is 0.200. The summed E-state index contributed by atoms with van der Waals surface area (Å²) in [6, 6.07) is 16.9. The van der Waals surface area contributed by atoms with E-state index in [1.54, 1.807) is 6.92 Å². The summed E-state index contributed by atoms with van der Waals surface area (Å²) in [6.07, 6.45) is -0.575. The molecular weight excluding hydrogens is 368 g/mol. The van der Waals surface area contributed by atoms with E-state index in [9.17, 15) is 4.79 Å². The zero-order valence-electron chi connectivity index (χ0n) is 14.5. The molecule has 3 rings (SSSR count). The number of thiazole rings is 1. The molecule has 3 aromatic rings. The van der Waals surface area contributed by atoms with Gasteiger partial charge in [0.2, 0.25) is 0 Å². The van der Waals surface area contributed by atoms with Crippen molar-refractivity contribution in [3.8, 4) is 16.3 Å². The highest BCUT2D eigenvalue weighted by Gasteiger charge is 2.16. The van der Waals surface area contributed by atoms with Gasteiger partial charge >= 0.3 is 0 Å². The SMILES string of the molecule is Cc1nc(-c2ccccc2Cl)sc1CNC(=O)C(C)Oc1ccccc1. The van der Waals surface area contributed by atoms with Gasteiger partial charge in [0, 0.05) is 10.4 Å². The molecule has 0 bridgehead atoms. The minimum atomic E-state index is -0.575. The molecule has 0 aliphatic heterocycles. The molecule has 0 saturated heterocycles. The predicted molar refractivity (Wildman–Crippen MR) is 106 cm³/mol. The van der Waals surface area contributed by atoms with Crippen molar-refractivity contribution in [1.82, 2.24) is 10.3 Å². The molecule has 1 aromatic heterocycles. The molecule has 1 unspecified atom stereocenters. The standard InChI is InChI=1S/C20H19ClN2O2S/c1-13-18(26-20(23-13)16-10-6-7-11-17(16)21)12-22-19(24)14(2)25-15-8-4-3-5-9-15/h3-11,14H,12H2,1-2H3,(H,22,24). The van der Waals surface area contributed by atoms with Crippen LogP contribution in [0.25, 0.3) is 10.6 Å². The van der Waals surface area contributed by atoms with Crippen molar-refractivity contribution in [3.63, 3.8) is 0 Å². The van der Waals surface area contributed by atoms with Crippen LogP contribution in [0.4, 0.5) is 0 Å². The van der Waals surface area contributed by atoms with Crippen molar-refractivity contribution in [3.05, 3.63) is 70.2 Å². The molecule has 0 aliphatic rings. The largest absolute Gasteiger partial charge is 0.481 e. The number of nitrogens with zero attached hydrogens (tertiary/aromatic N) is 1. The Kier molecular flexibility index (Phi) is 5.91. The molecule has 1 atom stereocenters. The molecule has 134 valence electrons. The molecule has 0 fully saturated rings. The first-order valence-electron chi connectivity index (χ1n) is 8.25. The minimum absolute atomic E-state index is 0.166. The van der Waals surface area contributed by atoms with Gasteiger partial charge < -0.3 is 10.1 Å². The first-order valence-corrected chi connectivity index (χ1v) is 9.44. The molecule has 6 heteroatoms. The van der Waals surface area contributed by atoms with Crippen LogP contribution >= 0.6 is 22.9 Å². The van der Waals surface area contributed by atoms with Crippen molar-refractivity contribution in [2.75, 3.05) is 0 Å². The average molecular weight is 387 g/mol. The first kappa shape index (κ1) is 18.4. The topological polar surface area (TPSA) is 51.2 Å². The number of para-hydroxylation sites is 1. The van der Waals surface area contributed by atoms with Crippen LogP contribution in [0.2, 0.25) is 5.02 Å². The van der Waals surface area contributed by atoms with Gasteiger partial charge in [-0.3, -0.25) is 4.79 Å². The molecule has 1 heterocycles. The highest BCUT2D eigenvalue weighted by atomic mass is 35.5. The number of rotatable bonds is 6. The number of hydrogen-bond donors (Lipinski definition) is 1. The van der Waals surface area contributed by atoms with E-state index in [4.69, 9.17) is 16.3 Å². The Balaban J connectivity index is 1.63. The maximum atomic E-state index is 12.3. The van der Waals surface area contributed by atoms with Crippen molar-refractivity contribution in [2.24, 2.45) is 0 Å². The monoisotopic (exact) mass is 386 g/mol. The van der Waals surface area contributed by atoms with Crippen LogP contribution in [0.5, 0.6) is 5.75 Å². The van der Waals surface area contributed by atoms with Gasteiger partial charge in [-0.2, -0.15) is 0 Å². The molecule has 0 spiro atoms. The lowest BCUT2D eigenvalue weighted by atomic mass is 10.2. The van der Waals surface area contributed by atoms with Gasteiger partial charge in [-0.25, -0.2) is 4.98 Å². The zero-order valence-corrected chi connectivity index (χ0v) is 16.1. The van der Waals surface area contributed by atoms with Gasteiger partial charge in [-0.1, -0.05) is 48.0 Å². The van der Waals surface area contributed by atoms with Crippen molar-refractivity contribution >= 4 is 28.8 Å². The van der Waals surface area contributed by atoms with Crippen LogP contribution in [0.3, 0.4) is 0 Å². The number of amides is 1. The van der Waals surface area contributed by atoms with Crippen LogP contribution in [0.1, 0.15) is 17.5 Å². The summed E-state index contributed by atoms with van der Waals surface area (Å²) in [5.41, 5.74) is 1.79. The Bertz CT molecular complexity index is 896. The summed E-state index contributed by atoms with van der Waals surface area (Å²) >= 11 is 7.78. The van der Waals surface area contributed by atoms with Crippen molar-refractivity contribution in [1.29, 1.82) is 0 Å². The average Bonchev–Trinajstić information content (AvgIpc) is 3.01. The summed E-state index contributed by atoms with van der Waals surface area (Å²) in [5.74, 6) is 0.506. The fourth-order valence-corrected chi connectivity index (χ4v) is 3.73. The van der Waals surface area contributed by atoms with Crippen LogP contribution < -0.4 is 10.1 Å². The fourth-order valence-electron chi connectivity index (χ4n) is 2.41. The van der Waals surface area contributed by atoms with E-state index in [2.05, 4.69) is 10.3 Å². The number of carbonyl (C=O) groups is 1. The Morgan fingerprint density at radius 3 is 2.62 bits per heavy atom. The van der Waals surface area contributed by atoms with Gasteiger partial charge in [0.1, 0.15) is 10.8 Å². The Morgan fingerprint density at radius 1 is 1.19 bits per heavy atom. The lowest BCUT2D eigenvalue weighted by Gasteiger charge is -2.14. The maximum absolute atomic E-state index is 12.3. The predicted octanol–water partition coefficient (Wildman–Crippen LogP) is 4.86. The second-order valence-corrected chi connectivity index (χ2v) is 7.29. The second-order valence-electron chi connectivity index (χ2n) is 5.80. The lowest BCUT2D eigenvalue weighted by Crippen LogP contribution is -2.35. The molecule has 0 radical (unpaired) electrons. The van der Waals surface area contributed by atoms with Crippen molar-refractivity contribution < 1.29 is 9.53 Å². The third kappa shape index (κ3) is 4.42. The summed E-state index contributed by atoms with van der Waals surface area (Å²) in [5, 5.41) is 4.43. The van der Waals surface area contributed by atoms with Crippen LogP contribution in [0, 0.1) is 6.92 Å². The summed E-state index contributed by atoms with van der Waals surface area (Å²) < 4.78 is 5.64. The third-order valence-corrected chi connectivity index (χ3v) is 5.37. The second kappa shape index (κ2) is 8.34. The van der Waals surface area contributed by atoms with Crippen molar-refractivity contribution in [2.45, 2.75) is 26.5 Å². The molecule has 0 aliphatic carbocycles. The number of halogens is 1. The molecule has 26 heavy (non-hydrogen) atoms. The number of ether oxygens (including phenoxy) is 1. The third-order valence-electron chi connectivity index (χ3n) is 3.85. The smallest absolute Gasteiger partial charge is 0.261 e. The summed E-state index contributed by atoms with van der Waals surface area (Å²) in [6.45, 7) is 4.08. The number of aromatic nitrogens is 1. The Labute approximate surface area is 161 Å². The van der Waals surface area contributed by atoms with E-state index in [0.717, 1.165) is 21.1 Å². The van der Waals surface area contributed by atoms with E-state index < -0.39 is 6.10 Å². The van der Waals surface area contributed by atoms with Gasteiger partial charge in [0.15, 0.2) is 6.10 Å². The number of benzene rings is 2. The first-order chi connectivity index (χ1) is 12.5. The molecule has 4 nitrogen and oxygen atoms in total. The minimum Gasteiger partial charge on any atom is -0.481 e. The van der Waals surface area contributed by atoms with E-state index in [1.807, 2.05) is 61.5 Å². The molecule has 2 aromatic carbocycles. The highest BCUT2D eigenvalue weighted by molar-refractivity contribution is 7.15. The van der Waals surface area contributed by atoms with Gasteiger partial charge in [0.05, 0.1) is 17.3 Å². The summed E-state index contributed by atoms with van der Waals surface area (Å²) in [7, 11) is 0. The van der Waals surface area contributed by atoms with Crippen LogP contribution in [0.15, 0.2) is 54.6 Å². The highest BCUT2D eigenvalue weighted by Crippen LogP contribution is 2.32.